The summed E-state index contributed by atoms with van der Waals surface area (Å²) in [6.07, 6.45) is 0. The third-order valence-corrected chi connectivity index (χ3v) is 2.53. The van der Waals surface area contributed by atoms with Gasteiger partial charge in [-0.2, -0.15) is 0 Å². The molecule has 0 heterocycles. The van der Waals surface area contributed by atoms with Crippen molar-refractivity contribution in [1.82, 2.24) is 5.32 Å². The zero-order valence-electron chi connectivity index (χ0n) is 9.77. The van der Waals surface area contributed by atoms with Crippen LogP contribution in [0.1, 0.15) is 24.2 Å². The largest absolute Gasteiger partial charge is 0.343 e. The number of carbonyl (C=O) groups is 2. The second-order valence-corrected chi connectivity index (χ2v) is 4.20. The van der Waals surface area contributed by atoms with Gasteiger partial charge in [-0.05, 0) is 19.9 Å². The molecule has 18 heavy (non-hydrogen) atoms. The van der Waals surface area contributed by atoms with Gasteiger partial charge in [0.05, 0.1) is 11.0 Å². The standard InChI is InChI=1S/C11H11ClN2O4/c1-6(7(2)15)13-11(16)8-3-9(12)5-10(4-8)14(17)18/h3-6H,1-2H3,(H,13,16). The van der Waals surface area contributed by atoms with Crippen LogP contribution >= 0.6 is 11.6 Å². The highest BCUT2D eigenvalue weighted by Crippen LogP contribution is 2.20. The van der Waals surface area contributed by atoms with Crippen LogP contribution in [0.5, 0.6) is 0 Å². The van der Waals surface area contributed by atoms with Crippen LogP contribution in [0, 0.1) is 10.1 Å². The first kappa shape index (κ1) is 14.1. The van der Waals surface area contributed by atoms with Gasteiger partial charge >= 0.3 is 0 Å². The Morgan fingerprint density at radius 2 is 2.00 bits per heavy atom. The molecule has 6 nitrogen and oxygen atoms in total. The van der Waals surface area contributed by atoms with Crippen molar-refractivity contribution in [3.8, 4) is 0 Å². The topological polar surface area (TPSA) is 89.3 Å². The van der Waals surface area contributed by atoms with Crippen molar-refractivity contribution in [2.45, 2.75) is 19.9 Å². The summed E-state index contributed by atoms with van der Waals surface area (Å²) in [5.41, 5.74) is -0.231. The fourth-order valence-electron chi connectivity index (χ4n) is 1.19. The van der Waals surface area contributed by atoms with Crippen LogP contribution in [-0.2, 0) is 4.79 Å². The molecule has 0 aromatic heterocycles. The van der Waals surface area contributed by atoms with Crippen molar-refractivity contribution >= 4 is 29.0 Å². The summed E-state index contributed by atoms with van der Waals surface area (Å²) in [5.74, 6) is -0.789. The monoisotopic (exact) mass is 270 g/mol. The maximum Gasteiger partial charge on any atom is 0.271 e. The molecule has 0 saturated carbocycles. The van der Waals surface area contributed by atoms with Crippen LogP contribution in [0.2, 0.25) is 5.02 Å². The maximum absolute atomic E-state index is 11.7. The van der Waals surface area contributed by atoms with E-state index in [0.717, 1.165) is 12.1 Å². The van der Waals surface area contributed by atoms with E-state index in [1.54, 1.807) is 0 Å². The predicted octanol–water partition coefficient (Wildman–Crippen LogP) is 1.96. The van der Waals surface area contributed by atoms with Crippen molar-refractivity contribution in [3.63, 3.8) is 0 Å². The minimum Gasteiger partial charge on any atom is -0.343 e. The van der Waals surface area contributed by atoms with Crippen LogP contribution in [-0.4, -0.2) is 22.7 Å². The van der Waals surface area contributed by atoms with E-state index >= 15 is 0 Å². The first-order valence-electron chi connectivity index (χ1n) is 5.07. The molecule has 0 bridgehead atoms. The van der Waals surface area contributed by atoms with Crippen molar-refractivity contribution in [2.24, 2.45) is 0 Å². The summed E-state index contributed by atoms with van der Waals surface area (Å²) in [7, 11) is 0. The molecule has 96 valence electrons. The second kappa shape index (κ2) is 5.59. The maximum atomic E-state index is 11.7. The zero-order valence-corrected chi connectivity index (χ0v) is 10.5. The molecular formula is C11H11ClN2O4. The van der Waals surface area contributed by atoms with Crippen molar-refractivity contribution in [3.05, 3.63) is 38.9 Å². The van der Waals surface area contributed by atoms with Crippen LogP contribution in [0.3, 0.4) is 0 Å². The summed E-state index contributed by atoms with van der Waals surface area (Å²) in [5, 5.41) is 13.1. The predicted molar refractivity (Wildman–Crippen MR) is 65.7 cm³/mol. The summed E-state index contributed by atoms with van der Waals surface area (Å²) < 4.78 is 0. The average Bonchev–Trinajstić information content (AvgIpc) is 2.27. The van der Waals surface area contributed by atoms with Gasteiger partial charge in [-0.15, -0.1) is 0 Å². The number of carbonyl (C=O) groups excluding carboxylic acids is 2. The lowest BCUT2D eigenvalue weighted by Crippen LogP contribution is -2.37. The summed E-state index contributed by atoms with van der Waals surface area (Å²) in [6, 6.07) is 2.90. The number of non-ortho nitro benzene ring substituents is 1. The first-order chi connectivity index (χ1) is 8.31. The number of Topliss-reactive ketones (excluding diaryl/α,β-unsaturated/α-hetero) is 1. The van der Waals surface area contributed by atoms with Crippen LogP contribution in [0.4, 0.5) is 5.69 Å². The number of nitrogens with zero attached hydrogens (tertiary/aromatic N) is 1. The van der Waals surface area contributed by atoms with Crippen molar-refractivity contribution < 1.29 is 14.5 Å². The molecule has 0 spiro atoms. The molecule has 1 rings (SSSR count). The van der Waals surface area contributed by atoms with E-state index in [1.165, 1.54) is 19.9 Å². The number of hydrogen-bond acceptors (Lipinski definition) is 4. The summed E-state index contributed by atoms with van der Waals surface area (Å²) in [6.45, 7) is 2.87. The van der Waals surface area contributed by atoms with E-state index in [-0.39, 0.29) is 22.1 Å². The van der Waals surface area contributed by atoms with Gasteiger partial charge in [-0.1, -0.05) is 11.6 Å². The molecule has 0 fully saturated rings. The van der Waals surface area contributed by atoms with E-state index in [4.69, 9.17) is 11.6 Å². The van der Waals surface area contributed by atoms with E-state index in [9.17, 15) is 19.7 Å². The molecule has 0 aliphatic rings. The Kier molecular flexibility index (Phi) is 4.38. The van der Waals surface area contributed by atoms with Crippen molar-refractivity contribution in [1.29, 1.82) is 0 Å². The molecule has 1 atom stereocenters. The highest BCUT2D eigenvalue weighted by Gasteiger charge is 2.17. The van der Waals surface area contributed by atoms with E-state index in [2.05, 4.69) is 5.32 Å². The number of nitro groups is 1. The quantitative estimate of drug-likeness (QED) is 0.669. The second-order valence-electron chi connectivity index (χ2n) is 3.76. The number of ketones is 1. The Hall–Kier alpha value is -1.95. The molecule has 7 heteroatoms. The Morgan fingerprint density at radius 1 is 1.39 bits per heavy atom. The Morgan fingerprint density at radius 3 is 2.50 bits per heavy atom. The fourth-order valence-corrected chi connectivity index (χ4v) is 1.42. The molecular weight excluding hydrogens is 260 g/mol. The Balaban J connectivity index is 2.99. The lowest BCUT2D eigenvalue weighted by atomic mass is 10.1. The number of nitrogens with one attached hydrogen (secondary N) is 1. The number of benzene rings is 1. The highest BCUT2D eigenvalue weighted by molar-refractivity contribution is 6.31. The lowest BCUT2D eigenvalue weighted by molar-refractivity contribution is -0.384. The normalized spacial score (nSPS) is 11.7. The van der Waals surface area contributed by atoms with Gasteiger partial charge in [-0.25, -0.2) is 0 Å². The first-order valence-corrected chi connectivity index (χ1v) is 5.45. The Bertz CT molecular complexity index is 516. The molecule has 0 aliphatic heterocycles. The van der Waals surface area contributed by atoms with Crippen LogP contribution in [0.25, 0.3) is 0 Å². The molecule has 0 radical (unpaired) electrons. The van der Waals surface area contributed by atoms with Crippen LogP contribution in [0.15, 0.2) is 18.2 Å². The zero-order chi connectivity index (χ0) is 13.9. The van der Waals surface area contributed by atoms with Gasteiger partial charge in [0, 0.05) is 22.7 Å². The minimum atomic E-state index is -0.657. The number of halogens is 1. The number of amides is 1. The smallest absolute Gasteiger partial charge is 0.271 e. The minimum absolute atomic E-state index is 0.0438. The third-order valence-electron chi connectivity index (χ3n) is 2.31. The van der Waals surface area contributed by atoms with Gasteiger partial charge < -0.3 is 5.32 Å². The SMILES string of the molecule is CC(=O)C(C)NC(=O)c1cc(Cl)cc([N+](=O)[O-])c1. The number of hydrogen-bond donors (Lipinski definition) is 1. The van der Waals surface area contributed by atoms with Gasteiger partial charge in [0.15, 0.2) is 5.78 Å². The van der Waals surface area contributed by atoms with E-state index in [1.807, 2.05) is 0 Å². The Labute approximate surface area is 108 Å². The average molecular weight is 271 g/mol. The van der Waals surface area contributed by atoms with Crippen molar-refractivity contribution in [2.75, 3.05) is 0 Å². The fraction of sp³-hybridized carbons (Fsp3) is 0.273. The molecule has 1 aromatic carbocycles. The number of nitro benzene ring substituents is 1. The molecule has 0 saturated heterocycles. The molecule has 1 unspecified atom stereocenters. The van der Waals surface area contributed by atoms with Gasteiger partial charge in [-0.3, -0.25) is 19.7 Å². The lowest BCUT2D eigenvalue weighted by Gasteiger charge is -2.10. The summed E-state index contributed by atoms with van der Waals surface area (Å²) in [4.78, 5) is 32.7. The van der Waals surface area contributed by atoms with Gasteiger partial charge in [0.2, 0.25) is 0 Å². The third kappa shape index (κ3) is 3.53. The van der Waals surface area contributed by atoms with E-state index in [0.29, 0.717) is 0 Å². The highest BCUT2D eigenvalue weighted by atomic mass is 35.5. The summed E-state index contributed by atoms with van der Waals surface area (Å²) >= 11 is 5.69. The van der Waals surface area contributed by atoms with Gasteiger partial charge in [0.25, 0.3) is 11.6 Å². The molecule has 1 N–H and O–H groups in total. The molecule has 0 aliphatic carbocycles. The van der Waals surface area contributed by atoms with E-state index < -0.39 is 16.9 Å². The molecule has 1 amide bonds. The molecule has 1 aromatic rings. The van der Waals surface area contributed by atoms with Crippen LogP contribution < -0.4 is 5.32 Å². The number of rotatable bonds is 4. The van der Waals surface area contributed by atoms with Gasteiger partial charge in [0.1, 0.15) is 0 Å².